The van der Waals surface area contributed by atoms with Crippen LogP contribution >= 0.6 is 0 Å². The second-order valence-electron chi connectivity index (χ2n) is 6.08. The van der Waals surface area contributed by atoms with E-state index in [1.165, 1.54) is 30.1 Å². The molecule has 8 heteroatoms. The zero-order valence-corrected chi connectivity index (χ0v) is 15.8. The van der Waals surface area contributed by atoms with Gasteiger partial charge in [0.25, 0.3) is 0 Å². The van der Waals surface area contributed by atoms with Crippen molar-refractivity contribution in [3.63, 3.8) is 0 Å². The number of nitrogens with zero attached hydrogens (tertiary/aromatic N) is 1. The summed E-state index contributed by atoms with van der Waals surface area (Å²) in [4.78, 5) is 13.7. The molecule has 0 spiro atoms. The molecule has 2 rings (SSSR count). The van der Waals surface area contributed by atoms with E-state index in [4.69, 9.17) is 4.74 Å². The number of carbonyl (C=O) groups excluding carboxylic acids is 1. The van der Waals surface area contributed by atoms with E-state index in [1.807, 2.05) is 31.2 Å². The number of nitrogens with one attached hydrogen (secondary N) is 1. The molecule has 0 saturated carbocycles. The molecule has 2 amide bonds. The number of urea groups is 1. The molecule has 1 N–H and O–H groups in total. The predicted octanol–water partition coefficient (Wildman–Crippen LogP) is 4.46. The third-order valence-electron chi connectivity index (χ3n) is 3.96. The van der Waals surface area contributed by atoms with Gasteiger partial charge in [-0.25, -0.2) is 4.79 Å². The van der Waals surface area contributed by atoms with E-state index < -0.39 is 12.4 Å². The van der Waals surface area contributed by atoms with Crippen LogP contribution in [0.3, 0.4) is 0 Å². The summed E-state index contributed by atoms with van der Waals surface area (Å²) >= 11 is 0. The van der Waals surface area contributed by atoms with E-state index in [0.717, 1.165) is 11.1 Å². The van der Waals surface area contributed by atoms with Crippen molar-refractivity contribution in [2.24, 2.45) is 0 Å². The minimum Gasteiger partial charge on any atom is -0.405 e. The second kappa shape index (κ2) is 9.98. The smallest absolute Gasteiger partial charge is 0.405 e. The third kappa shape index (κ3) is 6.77. The van der Waals surface area contributed by atoms with Crippen LogP contribution in [0.15, 0.2) is 48.5 Å². The maximum Gasteiger partial charge on any atom is 0.573 e. The fourth-order valence-corrected chi connectivity index (χ4v) is 2.57. The molecule has 0 saturated heterocycles. The molecule has 0 bridgehead atoms. The molecule has 28 heavy (non-hydrogen) atoms. The molecule has 0 unspecified atom stereocenters. The lowest BCUT2D eigenvalue weighted by molar-refractivity contribution is -0.275. The van der Waals surface area contributed by atoms with Gasteiger partial charge >= 0.3 is 12.4 Å². The Morgan fingerprint density at radius 3 is 2.29 bits per heavy atom. The van der Waals surface area contributed by atoms with Gasteiger partial charge < -0.3 is 19.7 Å². The molecule has 0 radical (unpaired) electrons. The molecule has 0 aliphatic carbocycles. The Morgan fingerprint density at radius 2 is 1.64 bits per heavy atom. The van der Waals surface area contributed by atoms with Gasteiger partial charge in [-0.15, -0.1) is 13.2 Å². The molecule has 0 fully saturated rings. The summed E-state index contributed by atoms with van der Waals surface area (Å²) in [5.41, 5.74) is 2.14. The summed E-state index contributed by atoms with van der Waals surface area (Å²) in [6, 6.07) is 12.9. The van der Waals surface area contributed by atoms with E-state index >= 15 is 0 Å². The van der Waals surface area contributed by atoms with Crippen LogP contribution in [0.2, 0.25) is 0 Å². The standard InChI is InChI=1S/C20H23F3N2O3/c1-3-27-14-17-10-5-4-8-15(17)12-24-19(26)25(2)13-16-9-6-7-11-18(16)28-20(21,22)23/h4-11H,3,12-14H2,1-2H3,(H,24,26). The van der Waals surface area contributed by atoms with Gasteiger partial charge in [0.2, 0.25) is 0 Å². The quantitative estimate of drug-likeness (QED) is 0.717. The highest BCUT2D eigenvalue weighted by Gasteiger charge is 2.32. The average molecular weight is 396 g/mol. The van der Waals surface area contributed by atoms with Gasteiger partial charge in [0.1, 0.15) is 5.75 Å². The first kappa shape index (κ1) is 21.6. The monoisotopic (exact) mass is 396 g/mol. The molecule has 152 valence electrons. The first-order valence-corrected chi connectivity index (χ1v) is 8.77. The molecule has 0 aliphatic rings. The predicted molar refractivity (Wildman–Crippen MR) is 98.6 cm³/mol. The van der Waals surface area contributed by atoms with Crippen LogP contribution in [0.1, 0.15) is 23.6 Å². The minimum atomic E-state index is -4.79. The van der Waals surface area contributed by atoms with Crippen molar-refractivity contribution in [1.29, 1.82) is 0 Å². The molecule has 5 nitrogen and oxygen atoms in total. The van der Waals surface area contributed by atoms with Gasteiger partial charge in [-0.2, -0.15) is 0 Å². The largest absolute Gasteiger partial charge is 0.573 e. The van der Waals surface area contributed by atoms with Crippen molar-refractivity contribution in [2.45, 2.75) is 33.0 Å². The Hall–Kier alpha value is -2.74. The lowest BCUT2D eigenvalue weighted by atomic mass is 10.1. The number of benzene rings is 2. The summed E-state index contributed by atoms with van der Waals surface area (Å²) in [6.45, 7) is 3.19. The first-order chi connectivity index (χ1) is 13.3. The van der Waals surface area contributed by atoms with Crippen LogP contribution in [-0.2, 0) is 24.4 Å². The SMILES string of the molecule is CCOCc1ccccc1CNC(=O)N(C)Cc1ccccc1OC(F)(F)F. The van der Waals surface area contributed by atoms with Gasteiger partial charge in [0, 0.05) is 25.8 Å². The Morgan fingerprint density at radius 1 is 1.04 bits per heavy atom. The fourth-order valence-electron chi connectivity index (χ4n) is 2.57. The molecule has 0 aromatic heterocycles. The summed E-state index contributed by atoms with van der Waals surface area (Å²) in [7, 11) is 1.51. The molecule has 0 atom stereocenters. The normalized spacial score (nSPS) is 11.2. The summed E-state index contributed by atoms with van der Waals surface area (Å²) in [5.74, 6) is -0.322. The summed E-state index contributed by atoms with van der Waals surface area (Å²) in [6.07, 6.45) is -4.79. The maximum atomic E-state index is 12.5. The van der Waals surface area contributed by atoms with Gasteiger partial charge in [0.15, 0.2) is 0 Å². The van der Waals surface area contributed by atoms with Crippen LogP contribution in [0, 0.1) is 0 Å². The first-order valence-electron chi connectivity index (χ1n) is 8.77. The zero-order valence-electron chi connectivity index (χ0n) is 15.8. The lowest BCUT2D eigenvalue weighted by Gasteiger charge is -2.21. The van der Waals surface area contributed by atoms with Crippen molar-refractivity contribution >= 4 is 6.03 Å². The van der Waals surface area contributed by atoms with Crippen molar-refractivity contribution in [2.75, 3.05) is 13.7 Å². The van der Waals surface area contributed by atoms with Crippen molar-refractivity contribution in [3.8, 4) is 5.75 Å². The van der Waals surface area contributed by atoms with E-state index in [1.54, 1.807) is 6.07 Å². The number of ether oxygens (including phenoxy) is 2. The van der Waals surface area contributed by atoms with Crippen LogP contribution in [0.4, 0.5) is 18.0 Å². The number of alkyl halides is 3. The number of para-hydroxylation sites is 1. The number of rotatable bonds is 8. The summed E-state index contributed by atoms with van der Waals surface area (Å²) in [5, 5.41) is 2.77. The Kier molecular flexibility index (Phi) is 7.69. The van der Waals surface area contributed by atoms with Crippen LogP contribution in [0.25, 0.3) is 0 Å². The highest BCUT2D eigenvalue weighted by atomic mass is 19.4. The molecule has 0 heterocycles. The average Bonchev–Trinajstić information content (AvgIpc) is 2.65. The van der Waals surface area contributed by atoms with Crippen LogP contribution in [0.5, 0.6) is 5.75 Å². The van der Waals surface area contributed by atoms with Gasteiger partial charge in [-0.3, -0.25) is 0 Å². The Balaban J connectivity index is 1.98. The Bertz CT molecular complexity index is 781. The third-order valence-corrected chi connectivity index (χ3v) is 3.96. The van der Waals surface area contributed by atoms with E-state index in [9.17, 15) is 18.0 Å². The van der Waals surface area contributed by atoms with Gasteiger partial charge in [0.05, 0.1) is 13.2 Å². The summed E-state index contributed by atoms with van der Waals surface area (Å²) < 4.78 is 47.0. The minimum absolute atomic E-state index is 0.0291. The van der Waals surface area contributed by atoms with E-state index in [-0.39, 0.29) is 24.4 Å². The van der Waals surface area contributed by atoms with E-state index in [0.29, 0.717) is 13.2 Å². The number of amides is 2. The molecule has 2 aromatic carbocycles. The molecule has 0 aliphatic heterocycles. The van der Waals surface area contributed by atoms with Crippen molar-refractivity contribution in [1.82, 2.24) is 10.2 Å². The van der Waals surface area contributed by atoms with Crippen LogP contribution in [-0.4, -0.2) is 30.9 Å². The molecule has 2 aromatic rings. The molecular weight excluding hydrogens is 373 g/mol. The zero-order chi connectivity index (χ0) is 20.6. The van der Waals surface area contributed by atoms with Crippen LogP contribution < -0.4 is 10.1 Å². The second-order valence-corrected chi connectivity index (χ2v) is 6.08. The van der Waals surface area contributed by atoms with E-state index in [2.05, 4.69) is 10.1 Å². The number of hydrogen-bond acceptors (Lipinski definition) is 3. The molecular formula is C20H23F3N2O3. The van der Waals surface area contributed by atoms with Crippen molar-refractivity contribution in [3.05, 3.63) is 65.2 Å². The maximum absolute atomic E-state index is 12.5. The lowest BCUT2D eigenvalue weighted by Crippen LogP contribution is -2.36. The highest BCUT2D eigenvalue weighted by Crippen LogP contribution is 2.27. The number of carbonyl (C=O) groups is 1. The number of hydrogen-bond donors (Lipinski definition) is 1. The van der Waals surface area contributed by atoms with Gasteiger partial charge in [-0.1, -0.05) is 42.5 Å². The Labute approximate surface area is 162 Å². The fraction of sp³-hybridized carbons (Fsp3) is 0.350. The van der Waals surface area contributed by atoms with Gasteiger partial charge in [-0.05, 0) is 24.1 Å². The highest BCUT2D eigenvalue weighted by molar-refractivity contribution is 5.74. The number of halogens is 3. The van der Waals surface area contributed by atoms with Crippen molar-refractivity contribution < 1.29 is 27.4 Å². The topological polar surface area (TPSA) is 50.8 Å².